The van der Waals surface area contributed by atoms with E-state index >= 15 is 0 Å². The fourth-order valence-electron chi connectivity index (χ4n) is 8.27. The van der Waals surface area contributed by atoms with Crippen molar-refractivity contribution >= 4 is 0 Å². The second kappa shape index (κ2) is 15.9. The maximum Gasteiger partial charge on any atom is 0.266 e. The van der Waals surface area contributed by atoms with Crippen molar-refractivity contribution in [3.63, 3.8) is 0 Å². The summed E-state index contributed by atoms with van der Waals surface area (Å²) in [5.74, 6) is 4.57. The van der Waals surface area contributed by atoms with Gasteiger partial charge in [-0.1, -0.05) is 39.0 Å². The molecule has 0 spiro atoms. The highest BCUT2D eigenvalue weighted by molar-refractivity contribution is 4.91. The van der Waals surface area contributed by atoms with Crippen molar-refractivity contribution in [2.24, 2.45) is 35.5 Å². The average Bonchev–Trinajstić information content (AvgIpc) is 2.93. The second-order valence-electron chi connectivity index (χ2n) is 13.3. The van der Waals surface area contributed by atoms with Gasteiger partial charge in [-0.25, -0.2) is 0 Å². The molecule has 0 aromatic carbocycles. The van der Waals surface area contributed by atoms with Crippen molar-refractivity contribution in [3.05, 3.63) is 12.2 Å². The van der Waals surface area contributed by atoms with Crippen molar-refractivity contribution in [1.82, 2.24) is 0 Å². The van der Waals surface area contributed by atoms with Crippen LogP contribution in [-0.2, 0) is 9.47 Å². The lowest BCUT2D eigenvalue weighted by Crippen LogP contribution is -2.35. The van der Waals surface area contributed by atoms with Crippen molar-refractivity contribution in [3.8, 4) is 0 Å². The second-order valence-corrected chi connectivity index (χ2v) is 13.3. The molecule has 4 fully saturated rings. The topological polar surface area (TPSA) is 18.5 Å². The summed E-state index contributed by atoms with van der Waals surface area (Å²) in [4.78, 5) is 0. The van der Waals surface area contributed by atoms with Crippen molar-refractivity contribution in [2.75, 3.05) is 13.2 Å². The van der Waals surface area contributed by atoms with Gasteiger partial charge in [-0.15, -0.1) is 0 Å². The number of unbranched alkanes of at least 4 members (excludes halogenated alkanes) is 2. The molecule has 0 radical (unpaired) electrons. The van der Waals surface area contributed by atoms with Crippen molar-refractivity contribution in [2.45, 2.75) is 148 Å². The van der Waals surface area contributed by atoms with Crippen molar-refractivity contribution < 1.29 is 18.3 Å². The first kappa shape index (κ1) is 29.5. The molecule has 1 heterocycles. The van der Waals surface area contributed by atoms with Crippen LogP contribution in [0, 0.1) is 35.5 Å². The molecule has 3 saturated carbocycles. The third kappa shape index (κ3) is 9.89. The monoisotopic (exact) mass is 522 g/mol. The van der Waals surface area contributed by atoms with E-state index in [1.807, 2.05) is 0 Å². The van der Waals surface area contributed by atoms with Crippen LogP contribution in [-0.4, -0.2) is 25.4 Å². The Balaban J connectivity index is 1.02. The number of rotatable bonds is 12. The molecule has 0 amide bonds. The molecule has 2 unspecified atom stereocenters. The van der Waals surface area contributed by atoms with Crippen LogP contribution in [0.1, 0.15) is 135 Å². The Hall–Kier alpha value is -0.480. The van der Waals surface area contributed by atoms with E-state index < -0.39 is 6.08 Å². The van der Waals surface area contributed by atoms with Gasteiger partial charge in [0.25, 0.3) is 6.08 Å². The highest BCUT2D eigenvalue weighted by atomic mass is 19.3. The van der Waals surface area contributed by atoms with E-state index in [9.17, 15) is 8.78 Å². The molecule has 0 N–H and O–H groups in total. The van der Waals surface area contributed by atoms with Gasteiger partial charge in [0, 0.05) is 13.2 Å². The maximum absolute atomic E-state index is 12.4. The summed E-state index contributed by atoms with van der Waals surface area (Å²) < 4.78 is 37.4. The normalized spacial score (nSPS) is 37.3. The van der Waals surface area contributed by atoms with E-state index in [1.54, 1.807) is 0 Å². The van der Waals surface area contributed by atoms with Crippen LogP contribution < -0.4 is 0 Å². The molecular formula is C33H56F2O2. The van der Waals surface area contributed by atoms with Gasteiger partial charge in [0.1, 0.15) is 0 Å². The largest absolute Gasteiger partial charge is 0.378 e. The predicted molar refractivity (Wildman–Crippen MR) is 149 cm³/mol. The third-order valence-electron chi connectivity index (χ3n) is 10.7. The van der Waals surface area contributed by atoms with Crippen LogP contribution in [0.2, 0.25) is 0 Å². The molecule has 2 atom stereocenters. The highest BCUT2D eigenvalue weighted by Gasteiger charge is 2.35. The fourth-order valence-corrected chi connectivity index (χ4v) is 8.27. The minimum Gasteiger partial charge on any atom is -0.378 e. The Morgan fingerprint density at radius 2 is 1.32 bits per heavy atom. The van der Waals surface area contributed by atoms with Gasteiger partial charge in [0.15, 0.2) is 0 Å². The van der Waals surface area contributed by atoms with Gasteiger partial charge in [-0.05, 0) is 138 Å². The first-order chi connectivity index (χ1) is 18.1. The number of ether oxygens (including phenoxy) is 2. The Labute approximate surface area is 226 Å². The fraction of sp³-hybridized carbons (Fsp3) is 0.939. The van der Waals surface area contributed by atoms with E-state index in [0.29, 0.717) is 12.2 Å². The first-order valence-corrected chi connectivity index (χ1v) is 16.4. The van der Waals surface area contributed by atoms with E-state index in [0.717, 1.165) is 74.6 Å². The maximum atomic E-state index is 12.4. The van der Waals surface area contributed by atoms with Crippen LogP contribution in [0.15, 0.2) is 12.2 Å². The molecule has 0 aromatic heterocycles. The quantitative estimate of drug-likeness (QED) is 0.237. The van der Waals surface area contributed by atoms with Gasteiger partial charge < -0.3 is 9.47 Å². The molecule has 4 aliphatic rings. The van der Waals surface area contributed by atoms with E-state index in [2.05, 4.69) is 6.92 Å². The van der Waals surface area contributed by atoms with Gasteiger partial charge in [0.05, 0.1) is 12.2 Å². The summed E-state index contributed by atoms with van der Waals surface area (Å²) in [5.41, 5.74) is 0. The molecule has 1 saturated heterocycles. The lowest BCUT2D eigenvalue weighted by atomic mass is 9.67. The molecule has 4 heteroatoms. The number of halogens is 2. The van der Waals surface area contributed by atoms with Crippen LogP contribution in [0.25, 0.3) is 0 Å². The Bertz CT molecular complexity index is 631. The molecule has 4 rings (SSSR count). The average molecular weight is 523 g/mol. The molecule has 3 aliphatic carbocycles. The predicted octanol–water partition coefficient (Wildman–Crippen LogP) is 10.1. The molecule has 1 aliphatic heterocycles. The summed E-state index contributed by atoms with van der Waals surface area (Å²) in [6, 6.07) is 0. The number of hydrogen-bond acceptors (Lipinski definition) is 2. The SMILES string of the molecule is CCCCCC1CCC(C2CCC(C3CCC(CCCOC4CCC(C=C(F)F)CC4)CC3)CC2)OC1. The summed E-state index contributed by atoms with van der Waals surface area (Å²) >= 11 is 0. The van der Waals surface area contributed by atoms with Gasteiger partial charge >= 0.3 is 0 Å². The Morgan fingerprint density at radius 1 is 0.703 bits per heavy atom. The van der Waals surface area contributed by atoms with Crippen LogP contribution in [0.5, 0.6) is 0 Å². The first-order valence-electron chi connectivity index (χ1n) is 16.4. The molecule has 214 valence electrons. The number of allylic oxidation sites excluding steroid dienone is 1. The summed E-state index contributed by atoms with van der Waals surface area (Å²) in [5, 5.41) is 0. The van der Waals surface area contributed by atoms with Gasteiger partial charge in [-0.3, -0.25) is 0 Å². The van der Waals surface area contributed by atoms with Crippen molar-refractivity contribution in [1.29, 1.82) is 0 Å². The molecule has 2 nitrogen and oxygen atoms in total. The lowest BCUT2D eigenvalue weighted by Gasteiger charge is -2.41. The number of hydrogen-bond donors (Lipinski definition) is 0. The smallest absolute Gasteiger partial charge is 0.266 e. The van der Waals surface area contributed by atoms with Gasteiger partial charge in [-0.2, -0.15) is 8.78 Å². The molecule has 0 bridgehead atoms. The minimum atomic E-state index is -1.52. The van der Waals surface area contributed by atoms with Gasteiger partial charge in [0.2, 0.25) is 0 Å². The molecule has 37 heavy (non-hydrogen) atoms. The van der Waals surface area contributed by atoms with Crippen LogP contribution in [0.3, 0.4) is 0 Å². The third-order valence-corrected chi connectivity index (χ3v) is 10.7. The lowest BCUT2D eigenvalue weighted by molar-refractivity contribution is -0.0621. The summed E-state index contributed by atoms with van der Waals surface area (Å²) in [7, 11) is 0. The Kier molecular flexibility index (Phi) is 12.7. The standard InChI is InChI=1S/C33H56F2O2/c1-2-3-4-6-27-12-21-32(37-24-27)30-17-15-29(16-18-30)28-13-8-25(9-14-28)7-5-22-36-31-19-10-26(11-20-31)23-33(34)35/h23,25-32H,2-22,24H2,1H3. The zero-order valence-corrected chi connectivity index (χ0v) is 23.8. The zero-order valence-electron chi connectivity index (χ0n) is 23.8. The van der Waals surface area contributed by atoms with E-state index in [1.165, 1.54) is 103 Å². The van der Waals surface area contributed by atoms with E-state index in [4.69, 9.17) is 9.47 Å². The summed E-state index contributed by atoms with van der Waals surface area (Å²) in [6.07, 6.45) is 26.2. The zero-order chi connectivity index (χ0) is 25.9. The molecular weight excluding hydrogens is 466 g/mol. The minimum absolute atomic E-state index is 0.0588. The van der Waals surface area contributed by atoms with E-state index in [-0.39, 0.29) is 5.92 Å². The highest BCUT2D eigenvalue weighted by Crippen LogP contribution is 2.44. The Morgan fingerprint density at radius 3 is 1.95 bits per heavy atom. The summed E-state index contributed by atoms with van der Waals surface area (Å²) in [6.45, 7) is 4.18. The van der Waals surface area contributed by atoms with Crippen LogP contribution >= 0.6 is 0 Å². The van der Waals surface area contributed by atoms with Crippen LogP contribution in [0.4, 0.5) is 8.78 Å². The molecule has 0 aromatic rings.